The summed E-state index contributed by atoms with van der Waals surface area (Å²) in [5.41, 5.74) is 0. The van der Waals surface area contributed by atoms with Gasteiger partial charge in [0, 0.05) is 25.2 Å². The summed E-state index contributed by atoms with van der Waals surface area (Å²) in [5.74, 6) is -7.47. The van der Waals surface area contributed by atoms with E-state index in [2.05, 4.69) is 5.32 Å². The SMILES string of the molecule is CN(C(=O)C(F)(F)C(F)(F)F)C1CC2CCC(C1)N2. The molecule has 1 N–H and O–H groups in total. The molecule has 2 bridgehead atoms. The Kier molecular flexibility index (Phi) is 3.49. The van der Waals surface area contributed by atoms with E-state index in [1.807, 2.05) is 0 Å². The maximum atomic E-state index is 13.0. The average molecular weight is 286 g/mol. The molecule has 0 aromatic carbocycles. The Morgan fingerprint density at radius 1 is 1.11 bits per heavy atom. The van der Waals surface area contributed by atoms with E-state index in [0.717, 1.165) is 19.9 Å². The van der Waals surface area contributed by atoms with Crippen LogP contribution in [-0.2, 0) is 4.79 Å². The molecule has 110 valence electrons. The molecule has 2 unspecified atom stereocenters. The molecule has 3 nitrogen and oxygen atoms in total. The number of nitrogens with zero attached hydrogens (tertiary/aromatic N) is 1. The van der Waals surface area contributed by atoms with Gasteiger partial charge in [-0.1, -0.05) is 0 Å². The number of alkyl halides is 5. The first-order chi connectivity index (χ1) is 8.63. The molecule has 0 aromatic heterocycles. The molecule has 0 spiro atoms. The Morgan fingerprint density at radius 3 is 2.00 bits per heavy atom. The molecule has 2 aliphatic rings. The van der Waals surface area contributed by atoms with Gasteiger partial charge in [-0.3, -0.25) is 4.79 Å². The smallest absolute Gasteiger partial charge is 0.337 e. The number of hydrogen-bond donors (Lipinski definition) is 1. The summed E-state index contributed by atoms with van der Waals surface area (Å²) in [6.07, 6.45) is -3.25. The van der Waals surface area contributed by atoms with E-state index in [9.17, 15) is 26.7 Å². The number of nitrogens with one attached hydrogen (secondary N) is 1. The Hall–Kier alpha value is -0.920. The normalized spacial score (nSPS) is 31.4. The number of carbonyl (C=O) groups is 1. The van der Waals surface area contributed by atoms with Crippen LogP contribution in [0.5, 0.6) is 0 Å². The van der Waals surface area contributed by atoms with Crippen LogP contribution >= 0.6 is 0 Å². The fourth-order valence-electron chi connectivity index (χ4n) is 2.85. The standard InChI is InChI=1S/C11H15F5N2O/c1-18(9(19)10(12,13)11(14,15)16)8-4-6-2-3-7(5-8)17-6/h6-8,17H,2-5H2,1H3. The lowest BCUT2D eigenvalue weighted by Gasteiger charge is -2.37. The number of rotatable bonds is 2. The fraction of sp³-hybridized carbons (Fsp3) is 0.909. The van der Waals surface area contributed by atoms with Crippen molar-refractivity contribution >= 4 is 5.91 Å². The third kappa shape index (κ3) is 2.54. The summed E-state index contributed by atoms with van der Waals surface area (Å²) in [7, 11) is 1.03. The highest BCUT2D eigenvalue weighted by Crippen LogP contribution is 2.38. The van der Waals surface area contributed by atoms with E-state index >= 15 is 0 Å². The Labute approximate surface area is 107 Å². The second kappa shape index (κ2) is 4.57. The van der Waals surface area contributed by atoms with Crippen molar-refractivity contribution in [3.8, 4) is 0 Å². The van der Waals surface area contributed by atoms with Crippen molar-refractivity contribution in [2.24, 2.45) is 0 Å². The zero-order valence-corrected chi connectivity index (χ0v) is 10.3. The quantitative estimate of drug-likeness (QED) is 0.787. The van der Waals surface area contributed by atoms with Gasteiger partial charge in [-0.25, -0.2) is 0 Å². The number of carbonyl (C=O) groups excluding carboxylic acids is 1. The summed E-state index contributed by atoms with van der Waals surface area (Å²) in [5, 5.41) is 3.24. The molecule has 2 aliphatic heterocycles. The highest BCUT2D eigenvalue weighted by atomic mass is 19.4. The van der Waals surface area contributed by atoms with E-state index in [1.54, 1.807) is 0 Å². The third-order valence-corrected chi connectivity index (χ3v) is 3.94. The van der Waals surface area contributed by atoms with Crippen molar-refractivity contribution < 1.29 is 26.7 Å². The van der Waals surface area contributed by atoms with Crippen LogP contribution < -0.4 is 5.32 Å². The van der Waals surface area contributed by atoms with Gasteiger partial charge in [0.1, 0.15) is 0 Å². The van der Waals surface area contributed by atoms with Crippen molar-refractivity contribution in [2.45, 2.75) is 55.9 Å². The van der Waals surface area contributed by atoms with Gasteiger partial charge in [0.2, 0.25) is 0 Å². The molecule has 1 amide bonds. The van der Waals surface area contributed by atoms with Gasteiger partial charge in [-0.15, -0.1) is 0 Å². The fourth-order valence-corrected chi connectivity index (χ4v) is 2.85. The van der Waals surface area contributed by atoms with Crippen molar-refractivity contribution in [1.82, 2.24) is 10.2 Å². The van der Waals surface area contributed by atoms with Gasteiger partial charge in [0.15, 0.2) is 0 Å². The first kappa shape index (κ1) is 14.5. The number of halogens is 5. The number of hydrogen-bond acceptors (Lipinski definition) is 2. The van der Waals surface area contributed by atoms with Crippen LogP contribution in [0.25, 0.3) is 0 Å². The zero-order chi connectivity index (χ0) is 14.4. The molecular weight excluding hydrogens is 271 g/mol. The van der Waals surface area contributed by atoms with E-state index in [4.69, 9.17) is 0 Å². The molecule has 0 aliphatic carbocycles. The van der Waals surface area contributed by atoms with E-state index < -0.39 is 24.0 Å². The zero-order valence-electron chi connectivity index (χ0n) is 10.3. The summed E-state index contributed by atoms with van der Waals surface area (Å²) in [6.45, 7) is 0. The summed E-state index contributed by atoms with van der Waals surface area (Å²) < 4.78 is 62.5. The van der Waals surface area contributed by atoms with Crippen LogP contribution in [0.2, 0.25) is 0 Å². The second-order valence-corrected chi connectivity index (χ2v) is 5.25. The third-order valence-electron chi connectivity index (χ3n) is 3.94. The minimum Gasteiger partial charge on any atom is -0.337 e. The van der Waals surface area contributed by atoms with Crippen molar-refractivity contribution in [1.29, 1.82) is 0 Å². The predicted octanol–water partition coefficient (Wildman–Crippen LogP) is 1.93. The monoisotopic (exact) mass is 286 g/mol. The van der Waals surface area contributed by atoms with Crippen LogP contribution in [0, 0.1) is 0 Å². The molecule has 2 rings (SSSR count). The molecule has 2 heterocycles. The maximum absolute atomic E-state index is 13.0. The average Bonchev–Trinajstić information content (AvgIpc) is 2.64. The maximum Gasteiger partial charge on any atom is 0.463 e. The van der Waals surface area contributed by atoms with Gasteiger partial charge >= 0.3 is 18.0 Å². The lowest BCUT2D eigenvalue weighted by atomic mass is 9.98. The Morgan fingerprint density at radius 2 is 1.58 bits per heavy atom. The molecule has 0 radical (unpaired) electrons. The van der Waals surface area contributed by atoms with Crippen LogP contribution in [-0.4, -0.2) is 48.1 Å². The van der Waals surface area contributed by atoms with Crippen LogP contribution in [0.15, 0.2) is 0 Å². The van der Waals surface area contributed by atoms with Gasteiger partial charge in [-0.2, -0.15) is 22.0 Å². The van der Waals surface area contributed by atoms with Crippen molar-refractivity contribution in [2.75, 3.05) is 7.05 Å². The minimum atomic E-state index is -5.84. The van der Waals surface area contributed by atoms with E-state index in [0.29, 0.717) is 17.7 Å². The van der Waals surface area contributed by atoms with Gasteiger partial charge in [-0.05, 0) is 25.7 Å². The minimum absolute atomic E-state index is 0.110. The van der Waals surface area contributed by atoms with Gasteiger partial charge in [0.05, 0.1) is 0 Å². The van der Waals surface area contributed by atoms with Crippen LogP contribution in [0.4, 0.5) is 22.0 Å². The topological polar surface area (TPSA) is 32.3 Å². The summed E-state index contributed by atoms with van der Waals surface area (Å²) in [6, 6.07) is -0.337. The Bertz CT molecular complexity index is 359. The predicted molar refractivity (Wildman–Crippen MR) is 56.7 cm³/mol. The molecule has 0 saturated carbocycles. The van der Waals surface area contributed by atoms with Crippen molar-refractivity contribution in [3.63, 3.8) is 0 Å². The summed E-state index contributed by atoms with van der Waals surface area (Å²) >= 11 is 0. The lowest BCUT2D eigenvalue weighted by molar-refractivity contribution is -0.274. The van der Waals surface area contributed by atoms with Crippen molar-refractivity contribution in [3.05, 3.63) is 0 Å². The number of piperidine rings is 1. The molecule has 0 aromatic rings. The van der Waals surface area contributed by atoms with Crippen LogP contribution in [0.1, 0.15) is 25.7 Å². The highest BCUT2D eigenvalue weighted by molar-refractivity contribution is 5.84. The highest BCUT2D eigenvalue weighted by Gasteiger charge is 2.64. The number of amides is 1. The molecule has 2 saturated heterocycles. The van der Waals surface area contributed by atoms with Gasteiger partial charge in [0.25, 0.3) is 0 Å². The first-order valence-electron chi connectivity index (χ1n) is 6.10. The van der Waals surface area contributed by atoms with Gasteiger partial charge < -0.3 is 10.2 Å². The molecule has 2 atom stereocenters. The van der Waals surface area contributed by atoms with E-state index in [1.165, 1.54) is 0 Å². The first-order valence-corrected chi connectivity index (χ1v) is 6.10. The number of fused-ring (bicyclic) bond motifs is 2. The lowest BCUT2D eigenvalue weighted by Crippen LogP contribution is -2.56. The Balaban J connectivity index is 2.07. The van der Waals surface area contributed by atoms with Crippen LogP contribution in [0.3, 0.4) is 0 Å². The molecular formula is C11H15F5N2O. The summed E-state index contributed by atoms with van der Waals surface area (Å²) in [4.78, 5) is 11.9. The molecule has 19 heavy (non-hydrogen) atoms. The molecule has 8 heteroatoms. The van der Waals surface area contributed by atoms with E-state index in [-0.39, 0.29) is 12.1 Å². The largest absolute Gasteiger partial charge is 0.463 e. The second-order valence-electron chi connectivity index (χ2n) is 5.25. The molecule has 2 fully saturated rings.